The average Bonchev–Trinajstić information content (AvgIpc) is 2.62. The minimum absolute atomic E-state index is 0.0241. The Labute approximate surface area is 150 Å². The molecule has 0 atom stereocenters. The molecule has 0 bridgehead atoms. The molecule has 0 fully saturated rings. The molecule has 0 saturated carbocycles. The Hall–Kier alpha value is -1.54. The van der Waals surface area contributed by atoms with Gasteiger partial charge in [0, 0.05) is 31.3 Å². The molecule has 0 aliphatic rings. The number of ketones is 1. The van der Waals surface area contributed by atoms with Gasteiger partial charge in [0.15, 0.2) is 5.78 Å². The number of Topliss-reactive ketones (excluding diaryl/α,β-unsaturated/α-hetero) is 1. The third-order valence-electron chi connectivity index (χ3n) is 3.30. The topological polar surface area (TPSA) is 78.9 Å². The van der Waals surface area contributed by atoms with Gasteiger partial charge in [0.05, 0.1) is 46.2 Å². The van der Waals surface area contributed by atoms with Crippen molar-refractivity contribution in [2.24, 2.45) is 5.92 Å². The van der Waals surface area contributed by atoms with Crippen LogP contribution in [0.25, 0.3) is 0 Å². The molecule has 7 nitrogen and oxygen atoms in total. The summed E-state index contributed by atoms with van der Waals surface area (Å²) < 4.78 is 21.0. The van der Waals surface area contributed by atoms with Crippen molar-refractivity contribution < 1.29 is 23.7 Å². The Morgan fingerprint density at radius 2 is 1.64 bits per heavy atom. The molecule has 142 valence electrons. The summed E-state index contributed by atoms with van der Waals surface area (Å²) in [5.74, 6) is 0.772. The van der Waals surface area contributed by atoms with E-state index in [1.54, 1.807) is 25.4 Å². The third kappa shape index (κ3) is 10.1. The Bertz CT molecular complexity index is 482. The number of pyridine rings is 1. The van der Waals surface area contributed by atoms with Gasteiger partial charge >= 0.3 is 0 Å². The van der Waals surface area contributed by atoms with Crippen molar-refractivity contribution >= 4 is 11.6 Å². The van der Waals surface area contributed by atoms with Crippen molar-refractivity contribution in [2.45, 2.75) is 13.8 Å². The molecule has 1 aromatic heterocycles. The van der Waals surface area contributed by atoms with Crippen molar-refractivity contribution in [1.29, 1.82) is 0 Å². The summed E-state index contributed by atoms with van der Waals surface area (Å²) in [6, 6.07) is 3.51. The van der Waals surface area contributed by atoms with Gasteiger partial charge in [-0.2, -0.15) is 0 Å². The smallest absolute Gasteiger partial charge is 0.165 e. The second kappa shape index (κ2) is 13.7. The predicted octanol–water partition coefficient (Wildman–Crippen LogP) is 2.03. The Balaban J connectivity index is 2.03. The number of nitrogens with zero attached hydrogens (tertiary/aromatic N) is 1. The molecule has 1 heterocycles. The van der Waals surface area contributed by atoms with Gasteiger partial charge in [-0.05, 0) is 12.1 Å². The first-order valence-corrected chi connectivity index (χ1v) is 8.61. The molecule has 0 saturated heterocycles. The maximum Gasteiger partial charge on any atom is 0.165 e. The van der Waals surface area contributed by atoms with Gasteiger partial charge in [0.2, 0.25) is 0 Å². The first-order valence-electron chi connectivity index (χ1n) is 8.61. The van der Waals surface area contributed by atoms with Crippen molar-refractivity contribution in [3.05, 3.63) is 23.9 Å². The zero-order valence-electron chi connectivity index (χ0n) is 15.5. The normalized spacial score (nSPS) is 11.0. The fourth-order valence-corrected chi connectivity index (χ4v) is 1.95. The van der Waals surface area contributed by atoms with E-state index < -0.39 is 0 Å². The molecular formula is C18H30N2O5. The number of rotatable bonds is 15. The van der Waals surface area contributed by atoms with E-state index >= 15 is 0 Å². The van der Waals surface area contributed by atoms with Crippen molar-refractivity contribution in [3.8, 4) is 0 Å². The SMILES string of the molecule is COCCOCCOCCOCCNc1cc(C(=O)C(C)C)ccn1. The summed E-state index contributed by atoms with van der Waals surface area (Å²) >= 11 is 0. The number of ether oxygens (including phenoxy) is 4. The van der Waals surface area contributed by atoms with Gasteiger partial charge < -0.3 is 24.3 Å². The second-order valence-corrected chi connectivity index (χ2v) is 5.71. The van der Waals surface area contributed by atoms with Crippen LogP contribution in [-0.4, -0.2) is 70.7 Å². The molecule has 1 aromatic rings. The summed E-state index contributed by atoms with van der Waals surface area (Å²) in [6.07, 6.45) is 1.64. The third-order valence-corrected chi connectivity index (χ3v) is 3.30. The second-order valence-electron chi connectivity index (χ2n) is 5.71. The maximum absolute atomic E-state index is 12.0. The van der Waals surface area contributed by atoms with Crippen LogP contribution >= 0.6 is 0 Å². The Morgan fingerprint density at radius 3 is 2.24 bits per heavy atom. The average molecular weight is 354 g/mol. The van der Waals surface area contributed by atoms with E-state index in [1.807, 2.05) is 13.8 Å². The zero-order valence-corrected chi connectivity index (χ0v) is 15.5. The molecule has 0 amide bonds. The molecule has 0 aliphatic heterocycles. The van der Waals surface area contributed by atoms with Crippen LogP contribution in [0.3, 0.4) is 0 Å². The quantitative estimate of drug-likeness (QED) is 0.381. The Kier molecular flexibility index (Phi) is 11.8. The minimum atomic E-state index is -0.0241. The molecule has 0 radical (unpaired) electrons. The monoisotopic (exact) mass is 354 g/mol. The highest BCUT2D eigenvalue weighted by Gasteiger charge is 2.10. The lowest BCUT2D eigenvalue weighted by Crippen LogP contribution is -2.15. The lowest BCUT2D eigenvalue weighted by molar-refractivity contribution is 0.00495. The number of nitrogens with one attached hydrogen (secondary N) is 1. The molecule has 0 aromatic carbocycles. The van der Waals surface area contributed by atoms with Crippen LogP contribution in [0.5, 0.6) is 0 Å². The predicted molar refractivity (Wildman–Crippen MR) is 96.2 cm³/mol. The van der Waals surface area contributed by atoms with E-state index in [4.69, 9.17) is 18.9 Å². The first-order chi connectivity index (χ1) is 12.1. The number of carbonyl (C=O) groups excluding carboxylic acids is 1. The number of carbonyl (C=O) groups is 1. The lowest BCUT2D eigenvalue weighted by Gasteiger charge is -2.09. The number of hydrogen-bond acceptors (Lipinski definition) is 7. The largest absolute Gasteiger partial charge is 0.382 e. The van der Waals surface area contributed by atoms with Crippen LogP contribution in [0.2, 0.25) is 0 Å². The maximum atomic E-state index is 12.0. The molecular weight excluding hydrogens is 324 g/mol. The van der Waals surface area contributed by atoms with Gasteiger partial charge in [-0.1, -0.05) is 13.8 Å². The van der Waals surface area contributed by atoms with Crippen LogP contribution < -0.4 is 5.32 Å². The van der Waals surface area contributed by atoms with Crippen molar-refractivity contribution in [3.63, 3.8) is 0 Å². The fraction of sp³-hybridized carbons (Fsp3) is 0.667. The summed E-state index contributed by atoms with van der Waals surface area (Å²) in [7, 11) is 1.64. The van der Waals surface area contributed by atoms with Crippen LogP contribution in [-0.2, 0) is 18.9 Å². The van der Waals surface area contributed by atoms with Crippen molar-refractivity contribution in [1.82, 2.24) is 4.98 Å². The van der Waals surface area contributed by atoms with Crippen LogP contribution in [0.15, 0.2) is 18.3 Å². The van der Waals surface area contributed by atoms with Gasteiger partial charge in [0.25, 0.3) is 0 Å². The molecule has 25 heavy (non-hydrogen) atoms. The van der Waals surface area contributed by atoms with E-state index in [0.717, 1.165) is 0 Å². The molecule has 0 aliphatic carbocycles. The summed E-state index contributed by atoms with van der Waals surface area (Å²) in [5, 5.41) is 3.15. The number of hydrogen-bond donors (Lipinski definition) is 1. The van der Waals surface area contributed by atoms with Crippen LogP contribution in [0.1, 0.15) is 24.2 Å². The zero-order chi connectivity index (χ0) is 18.3. The van der Waals surface area contributed by atoms with Crippen LogP contribution in [0.4, 0.5) is 5.82 Å². The van der Waals surface area contributed by atoms with Gasteiger partial charge in [-0.15, -0.1) is 0 Å². The summed E-state index contributed by atoms with van der Waals surface area (Å²) in [4.78, 5) is 16.2. The molecule has 1 N–H and O–H groups in total. The summed E-state index contributed by atoms with van der Waals surface area (Å²) in [5.41, 5.74) is 0.675. The lowest BCUT2D eigenvalue weighted by atomic mass is 10.0. The Morgan fingerprint density at radius 1 is 1.04 bits per heavy atom. The fourth-order valence-electron chi connectivity index (χ4n) is 1.95. The van der Waals surface area contributed by atoms with E-state index in [2.05, 4.69) is 10.3 Å². The van der Waals surface area contributed by atoms with E-state index in [-0.39, 0.29) is 11.7 Å². The molecule has 0 spiro atoms. The molecule has 0 unspecified atom stereocenters. The van der Waals surface area contributed by atoms with Crippen LogP contribution in [0, 0.1) is 5.92 Å². The number of anilines is 1. The molecule has 7 heteroatoms. The van der Waals surface area contributed by atoms with Crippen molar-refractivity contribution in [2.75, 3.05) is 65.2 Å². The highest BCUT2D eigenvalue weighted by molar-refractivity contribution is 5.97. The van der Waals surface area contributed by atoms with Gasteiger partial charge in [0.1, 0.15) is 5.82 Å². The summed E-state index contributed by atoms with van der Waals surface area (Å²) in [6.45, 7) is 8.27. The van der Waals surface area contributed by atoms with Gasteiger partial charge in [-0.3, -0.25) is 4.79 Å². The number of methoxy groups -OCH3 is 1. The molecule has 1 rings (SSSR count). The highest BCUT2D eigenvalue weighted by atomic mass is 16.6. The standard InChI is InChI=1S/C18H30N2O5/c1-15(2)18(21)16-4-5-19-17(14-16)20-6-7-23-10-11-25-13-12-24-9-8-22-3/h4-5,14-15H,6-13H2,1-3H3,(H,19,20). The minimum Gasteiger partial charge on any atom is -0.382 e. The van der Waals surface area contributed by atoms with Gasteiger partial charge in [-0.25, -0.2) is 4.98 Å². The first kappa shape index (κ1) is 21.5. The highest BCUT2D eigenvalue weighted by Crippen LogP contribution is 2.11. The van der Waals surface area contributed by atoms with E-state index in [1.165, 1.54) is 0 Å². The van der Waals surface area contributed by atoms with E-state index in [9.17, 15) is 4.79 Å². The number of aromatic nitrogens is 1. The van der Waals surface area contributed by atoms with E-state index in [0.29, 0.717) is 64.2 Å².